The Balaban J connectivity index is 2.23. The van der Waals surface area contributed by atoms with Gasteiger partial charge in [-0.1, -0.05) is 11.6 Å². The Morgan fingerprint density at radius 2 is 2.27 bits per heavy atom. The minimum absolute atomic E-state index is 0.583. The molecule has 0 spiro atoms. The van der Waals surface area contributed by atoms with Gasteiger partial charge < -0.3 is 15.8 Å². The number of carbonyl (C=O) groups is 1. The number of amides is 1. The van der Waals surface area contributed by atoms with Crippen LogP contribution in [0.5, 0.6) is 5.75 Å². The first-order valence-electron chi connectivity index (χ1n) is 7.11. The average Bonchev–Trinajstić information content (AvgIpc) is 2.69. The van der Waals surface area contributed by atoms with E-state index in [0.29, 0.717) is 22.3 Å². The van der Waals surface area contributed by atoms with Gasteiger partial charge in [-0.15, -0.1) is 0 Å². The van der Waals surface area contributed by atoms with E-state index in [1.54, 1.807) is 25.3 Å². The monoisotopic (exact) mass is 320 g/mol. The van der Waals surface area contributed by atoms with Gasteiger partial charge in [-0.3, -0.25) is 0 Å². The summed E-state index contributed by atoms with van der Waals surface area (Å²) in [6, 6.07) is 4.72. The molecule has 0 unspecified atom stereocenters. The van der Waals surface area contributed by atoms with Gasteiger partial charge in [-0.25, -0.2) is 4.79 Å². The van der Waals surface area contributed by atoms with Crippen LogP contribution in [0, 0.1) is 0 Å². The number of nitrogens with one attached hydrogen (secondary N) is 1. The number of hydrogen-bond donors (Lipinski definition) is 2. The zero-order valence-electron chi connectivity index (χ0n) is 12.2. The Morgan fingerprint density at radius 3 is 3.00 bits per heavy atom. The van der Waals surface area contributed by atoms with Gasteiger partial charge in [0.2, 0.25) is 0 Å². The van der Waals surface area contributed by atoms with Gasteiger partial charge in [0.1, 0.15) is 17.3 Å². The van der Waals surface area contributed by atoms with Gasteiger partial charge in [0.15, 0.2) is 0 Å². The van der Waals surface area contributed by atoms with Crippen molar-refractivity contribution in [1.82, 2.24) is 9.78 Å². The third-order valence-electron chi connectivity index (χ3n) is 3.75. The van der Waals surface area contributed by atoms with Crippen LogP contribution in [-0.4, -0.2) is 29.5 Å². The van der Waals surface area contributed by atoms with Crippen LogP contribution in [0.2, 0.25) is 5.02 Å². The number of hydrogen-bond acceptors (Lipinski definition) is 4. The summed E-state index contributed by atoms with van der Waals surface area (Å²) in [4.78, 5) is 11.7. The highest BCUT2D eigenvalue weighted by Gasteiger charge is 2.24. The number of ether oxygens (including phenoxy) is 1. The van der Waals surface area contributed by atoms with Crippen molar-refractivity contribution in [2.75, 3.05) is 19.0 Å². The molecule has 0 bridgehead atoms. The first kappa shape index (κ1) is 14.7. The number of anilines is 1. The molecule has 0 aliphatic carbocycles. The largest absolute Gasteiger partial charge is 0.496 e. The van der Waals surface area contributed by atoms with Crippen molar-refractivity contribution < 1.29 is 9.53 Å². The highest BCUT2D eigenvalue weighted by Crippen LogP contribution is 2.38. The van der Waals surface area contributed by atoms with E-state index in [1.807, 2.05) is 0 Å². The van der Waals surface area contributed by atoms with Crippen molar-refractivity contribution in [2.45, 2.75) is 19.3 Å². The summed E-state index contributed by atoms with van der Waals surface area (Å²) in [5.41, 5.74) is 7.86. The fourth-order valence-electron chi connectivity index (χ4n) is 2.74. The van der Waals surface area contributed by atoms with Gasteiger partial charge in [0.25, 0.3) is 0 Å². The Kier molecular flexibility index (Phi) is 3.94. The number of carbonyl (C=O) groups excluding carboxylic acids is 1. The molecule has 7 heteroatoms. The molecule has 3 N–H and O–H groups in total. The van der Waals surface area contributed by atoms with Crippen molar-refractivity contribution in [3.05, 3.63) is 28.8 Å². The van der Waals surface area contributed by atoms with Crippen molar-refractivity contribution >= 4 is 23.4 Å². The first-order chi connectivity index (χ1) is 10.6. The number of aromatic nitrogens is 2. The van der Waals surface area contributed by atoms with Crippen LogP contribution in [0.4, 0.5) is 10.6 Å². The second-order valence-electron chi connectivity index (χ2n) is 5.15. The van der Waals surface area contributed by atoms with E-state index in [4.69, 9.17) is 22.1 Å². The standard InChI is InChI=1S/C15H17ClN4O2/c1-22-12-6-5-9(16)8-11(12)13-10-4-2-3-7-18-14(10)20(19-13)15(17)21/h5-6,8,18H,2-4,7H2,1H3,(H2,17,21). The molecule has 6 nitrogen and oxygen atoms in total. The van der Waals surface area contributed by atoms with E-state index in [1.165, 1.54) is 4.68 Å². The molecule has 1 aliphatic heterocycles. The summed E-state index contributed by atoms with van der Waals surface area (Å²) >= 11 is 6.11. The van der Waals surface area contributed by atoms with E-state index in [0.717, 1.165) is 36.9 Å². The van der Waals surface area contributed by atoms with Crippen molar-refractivity contribution in [1.29, 1.82) is 0 Å². The zero-order chi connectivity index (χ0) is 15.7. The molecular weight excluding hydrogens is 304 g/mol. The second-order valence-corrected chi connectivity index (χ2v) is 5.59. The third kappa shape index (κ3) is 2.50. The molecule has 1 amide bonds. The molecule has 3 rings (SSSR count). The van der Waals surface area contributed by atoms with Gasteiger partial charge in [0.05, 0.1) is 7.11 Å². The molecule has 0 fully saturated rings. The third-order valence-corrected chi connectivity index (χ3v) is 3.99. The number of benzene rings is 1. The highest BCUT2D eigenvalue weighted by molar-refractivity contribution is 6.31. The summed E-state index contributed by atoms with van der Waals surface area (Å²) in [5, 5.41) is 8.22. The van der Waals surface area contributed by atoms with E-state index in [2.05, 4.69) is 10.4 Å². The molecule has 1 aromatic carbocycles. The summed E-state index contributed by atoms with van der Waals surface area (Å²) in [6.07, 6.45) is 2.86. The van der Waals surface area contributed by atoms with E-state index in [9.17, 15) is 4.79 Å². The maximum absolute atomic E-state index is 11.7. The van der Waals surface area contributed by atoms with Crippen LogP contribution in [0.3, 0.4) is 0 Å². The molecule has 1 aliphatic rings. The van der Waals surface area contributed by atoms with E-state index in [-0.39, 0.29) is 0 Å². The molecule has 22 heavy (non-hydrogen) atoms. The van der Waals surface area contributed by atoms with E-state index >= 15 is 0 Å². The maximum Gasteiger partial charge on any atom is 0.341 e. The molecule has 0 atom stereocenters. The number of methoxy groups -OCH3 is 1. The van der Waals surface area contributed by atoms with Gasteiger partial charge in [-0.05, 0) is 37.5 Å². The number of primary amides is 1. The van der Waals surface area contributed by atoms with Crippen LogP contribution in [-0.2, 0) is 6.42 Å². The minimum atomic E-state index is -0.613. The maximum atomic E-state index is 11.7. The second kappa shape index (κ2) is 5.88. The predicted molar refractivity (Wildman–Crippen MR) is 85.6 cm³/mol. The number of nitrogens with two attached hydrogens (primary N) is 1. The molecule has 0 saturated heterocycles. The predicted octanol–water partition coefficient (Wildman–Crippen LogP) is 2.89. The molecule has 1 aromatic heterocycles. The zero-order valence-corrected chi connectivity index (χ0v) is 13.0. The molecule has 0 saturated carbocycles. The minimum Gasteiger partial charge on any atom is -0.496 e. The SMILES string of the molecule is COc1ccc(Cl)cc1-c1nn(C(N)=O)c2c1CCCCN2. The molecular formula is C15H17ClN4O2. The Bertz CT molecular complexity index is 727. The molecule has 0 radical (unpaired) electrons. The lowest BCUT2D eigenvalue weighted by Crippen LogP contribution is -2.23. The first-order valence-corrected chi connectivity index (χ1v) is 7.49. The van der Waals surface area contributed by atoms with Crippen molar-refractivity contribution in [3.63, 3.8) is 0 Å². The van der Waals surface area contributed by atoms with Crippen LogP contribution in [0.1, 0.15) is 18.4 Å². The highest BCUT2D eigenvalue weighted by atomic mass is 35.5. The quantitative estimate of drug-likeness (QED) is 0.891. The summed E-state index contributed by atoms with van der Waals surface area (Å²) in [5.74, 6) is 1.33. The Morgan fingerprint density at radius 1 is 1.45 bits per heavy atom. The number of halogens is 1. The lowest BCUT2D eigenvalue weighted by molar-refractivity contribution is 0.248. The number of nitrogens with zero attached hydrogens (tertiary/aromatic N) is 2. The summed E-state index contributed by atoms with van der Waals surface area (Å²) in [6.45, 7) is 0.790. The Labute approximate surface area is 133 Å². The summed E-state index contributed by atoms with van der Waals surface area (Å²) < 4.78 is 6.62. The lowest BCUT2D eigenvalue weighted by atomic mass is 10.0. The Hall–Kier alpha value is -2.21. The number of fused-ring (bicyclic) bond motifs is 1. The van der Waals surface area contributed by atoms with Gasteiger partial charge in [0, 0.05) is 22.7 Å². The number of rotatable bonds is 2. The van der Waals surface area contributed by atoms with Crippen LogP contribution in [0.15, 0.2) is 18.2 Å². The molecule has 2 heterocycles. The fraction of sp³-hybridized carbons (Fsp3) is 0.333. The lowest BCUT2D eigenvalue weighted by Gasteiger charge is -2.08. The average molecular weight is 321 g/mol. The molecule has 116 valence electrons. The topological polar surface area (TPSA) is 82.2 Å². The summed E-state index contributed by atoms with van der Waals surface area (Å²) in [7, 11) is 1.59. The fourth-order valence-corrected chi connectivity index (χ4v) is 2.92. The normalized spacial score (nSPS) is 13.9. The van der Waals surface area contributed by atoms with Crippen LogP contribution < -0.4 is 15.8 Å². The van der Waals surface area contributed by atoms with Crippen molar-refractivity contribution in [3.8, 4) is 17.0 Å². The molecule has 2 aromatic rings. The van der Waals surface area contributed by atoms with Gasteiger partial charge in [-0.2, -0.15) is 9.78 Å². The van der Waals surface area contributed by atoms with Crippen molar-refractivity contribution in [2.24, 2.45) is 5.73 Å². The van der Waals surface area contributed by atoms with Crippen LogP contribution >= 0.6 is 11.6 Å². The van der Waals surface area contributed by atoms with E-state index < -0.39 is 6.03 Å². The van der Waals surface area contributed by atoms with Gasteiger partial charge >= 0.3 is 6.03 Å². The van der Waals surface area contributed by atoms with Crippen LogP contribution in [0.25, 0.3) is 11.3 Å². The smallest absolute Gasteiger partial charge is 0.341 e.